The molecule has 108 valence electrons. The zero-order valence-electron chi connectivity index (χ0n) is 12.3. The van der Waals surface area contributed by atoms with E-state index in [1.54, 1.807) is 0 Å². The number of fused-ring (bicyclic) bond motifs is 1. The van der Waals surface area contributed by atoms with E-state index in [1.165, 1.54) is 11.1 Å². The number of hydrogen-bond acceptors (Lipinski definition) is 3. The normalized spacial score (nSPS) is 12.6. The van der Waals surface area contributed by atoms with Gasteiger partial charge in [0.15, 0.2) is 0 Å². The molecule has 3 rings (SSSR count). The summed E-state index contributed by atoms with van der Waals surface area (Å²) in [5.74, 6) is 0.973. The lowest BCUT2D eigenvalue weighted by Gasteiger charge is -2.26. The van der Waals surface area contributed by atoms with Crippen LogP contribution in [0.2, 0.25) is 0 Å². The van der Waals surface area contributed by atoms with Crippen molar-refractivity contribution in [3.8, 4) is 0 Å². The molecule has 0 aliphatic heterocycles. The number of aryl methyl sites for hydroxylation is 1. The van der Waals surface area contributed by atoms with Crippen LogP contribution in [-0.2, 0) is 0 Å². The van der Waals surface area contributed by atoms with Crippen LogP contribution in [0.3, 0.4) is 0 Å². The first-order valence-corrected chi connectivity index (χ1v) is 7.64. The van der Waals surface area contributed by atoms with Crippen LogP contribution < -0.4 is 4.90 Å². The molecule has 21 heavy (non-hydrogen) atoms. The summed E-state index contributed by atoms with van der Waals surface area (Å²) in [6.07, 6.45) is 5.70. The van der Waals surface area contributed by atoms with Crippen molar-refractivity contribution >= 4 is 27.3 Å². The molecular weight excluding hydrogens is 328 g/mol. The maximum absolute atomic E-state index is 4.49. The van der Waals surface area contributed by atoms with Crippen molar-refractivity contribution in [2.24, 2.45) is 0 Å². The predicted molar refractivity (Wildman–Crippen MR) is 88.7 cm³/mol. The van der Waals surface area contributed by atoms with Gasteiger partial charge in [0, 0.05) is 19.4 Å². The Morgan fingerprint density at radius 3 is 2.76 bits per heavy atom. The molecule has 3 heterocycles. The van der Waals surface area contributed by atoms with Gasteiger partial charge in [0.1, 0.15) is 5.82 Å². The summed E-state index contributed by atoms with van der Waals surface area (Å²) in [4.78, 5) is 6.67. The second-order valence-electron chi connectivity index (χ2n) is 5.26. The van der Waals surface area contributed by atoms with Gasteiger partial charge in [-0.25, -0.2) is 9.50 Å². The molecule has 0 radical (unpaired) electrons. The minimum Gasteiger partial charge on any atom is -0.353 e. The molecule has 1 atom stereocenters. The van der Waals surface area contributed by atoms with Crippen molar-refractivity contribution in [2.75, 3.05) is 11.9 Å². The quantitative estimate of drug-likeness (QED) is 0.720. The zero-order valence-corrected chi connectivity index (χ0v) is 13.9. The molecule has 0 saturated heterocycles. The first-order valence-electron chi connectivity index (χ1n) is 6.84. The molecule has 1 unspecified atom stereocenters. The Bertz CT molecular complexity index is 764. The molecule has 0 aliphatic carbocycles. The molecule has 0 fully saturated rings. The van der Waals surface area contributed by atoms with E-state index in [0.29, 0.717) is 0 Å². The average Bonchev–Trinajstić information content (AvgIpc) is 2.87. The van der Waals surface area contributed by atoms with Crippen LogP contribution in [0.4, 0.5) is 5.82 Å². The third-order valence-electron chi connectivity index (χ3n) is 3.82. The Morgan fingerprint density at radius 2 is 2.05 bits per heavy atom. The van der Waals surface area contributed by atoms with Crippen molar-refractivity contribution in [1.82, 2.24) is 14.6 Å². The third kappa shape index (κ3) is 2.65. The molecule has 3 aromatic rings. The number of anilines is 1. The van der Waals surface area contributed by atoms with E-state index >= 15 is 0 Å². The summed E-state index contributed by atoms with van der Waals surface area (Å²) >= 11 is 3.53. The number of pyridine rings is 2. The fourth-order valence-electron chi connectivity index (χ4n) is 2.32. The fourth-order valence-corrected chi connectivity index (χ4v) is 2.71. The van der Waals surface area contributed by atoms with Crippen LogP contribution in [-0.4, -0.2) is 21.6 Å². The third-order valence-corrected chi connectivity index (χ3v) is 4.43. The SMILES string of the molecule is Cc1ccc(N(C)C(C)c2ccn3ncc(Br)c3c2)nc1. The van der Waals surface area contributed by atoms with Gasteiger partial charge in [-0.3, -0.25) is 0 Å². The Kier molecular flexibility index (Phi) is 3.68. The number of halogens is 1. The smallest absolute Gasteiger partial charge is 0.128 e. The first-order chi connectivity index (χ1) is 10.1. The molecule has 0 N–H and O–H groups in total. The van der Waals surface area contributed by atoms with Gasteiger partial charge in [-0.15, -0.1) is 0 Å². The first kappa shape index (κ1) is 14.1. The van der Waals surface area contributed by atoms with E-state index in [9.17, 15) is 0 Å². The Labute approximate surface area is 132 Å². The maximum atomic E-state index is 4.49. The van der Waals surface area contributed by atoms with E-state index in [0.717, 1.165) is 15.8 Å². The van der Waals surface area contributed by atoms with Gasteiger partial charge in [0.2, 0.25) is 0 Å². The maximum Gasteiger partial charge on any atom is 0.128 e. The van der Waals surface area contributed by atoms with Crippen LogP contribution in [0.5, 0.6) is 0 Å². The average molecular weight is 345 g/mol. The molecule has 0 spiro atoms. The summed E-state index contributed by atoms with van der Waals surface area (Å²) < 4.78 is 2.87. The highest BCUT2D eigenvalue weighted by molar-refractivity contribution is 9.10. The topological polar surface area (TPSA) is 33.4 Å². The van der Waals surface area contributed by atoms with Gasteiger partial charge in [0.25, 0.3) is 0 Å². The van der Waals surface area contributed by atoms with Gasteiger partial charge in [-0.05, 0) is 59.1 Å². The minimum atomic E-state index is 0.229. The van der Waals surface area contributed by atoms with E-state index in [4.69, 9.17) is 0 Å². The lowest BCUT2D eigenvalue weighted by molar-refractivity contribution is 0.726. The number of aromatic nitrogens is 3. The number of rotatable bonds is 3. The van der Waals surface area contributed by atoms with E-state index in [-0.39, 0.29) is 6.04 Å². The molecule has 0 aromatic carbocycles. The minimum absolute atomic E-state index is 0.229. The zero-order chi connectivity index (χ0) is 15.0. The Morgan fingerprint density at radius 1 is 1.24 bits per heavy atom. The standard InChI is InChI=1S/C16H17BrN4/c1-11-4-5-16(18-9-11)20(3)12(2)13-6-7-21-15(8-13)14(17)10-19-21/h4-10,12H,1-3H3. The molecule has 4 nitrogen and oxygen atoms in total. The van der Waals surface area contributed by atoms with Crippen molar-refractivity contribution in [1.29, 1.82) is 0 Å². The molecule has 5 heteroatoms. The summed E-state index contributed by atoms with van der Waals surface area (Å²) in [6.45, 7) is 4.23. The van der Waals surface area contributed by atoms with Crippen molar-refractivity contribution in [3.63, 3.8) is 0 Å². The van der Waals surface area contributed by atoms with Crippen LogP contribution in [0.25, 0.3) is 5.52 Å². The van der Waals surface area contributed by atoms with Gasteiger partial charge in [-0.2, -0.15) is 5.10 Å². The molecule has 0 saturated carbocycles. The van der Waals surface area contributed by atoms with E-state index in [2.05, 4.69) is 69.1 Å². The number of hydrogen-bond donors (Lipinski definition) is 0. The highest BCUT2D eigenvalue weighted by Gasteiger charge is 2.14. The van der Waals surface area contributed by atoms with Crippen molar-refractivity contribution in [3.05, 3.63) is 58.5 Å². The van der Waals surface area contributed by atoms with Crippen molar-refractivity contribution in [2.45, 2.75) is 19.9 Å². The molecule has 0 bridgehead atoms. The van der Waals surface area contributed by atoms with Crippen LogP contribution in [0.1, 0.15) is 24.1 Å². The molecular formula is C16H17BrN4. The fraction of sp³-hybridized carbons (Fsp3) is 0.250. The summed E-state index contributed by atoms with van der Waals surface area (Å²) in [5.41, 5.74) is 3.47. The molecule has 0 aliphatic rings. The van der Waals surface area contributed by atoms with Gasteiger partial charge in [0.05, 0.1) is 22.2 Å². The summed E-state index contributed by atoms with van der Waals surface area (Å²) in [7, 11) is 2.07. The van der Waals surface area contributed by atoms with E-state index < -0.39 is 0 Å². The van der Waals surface area contributed by atoms with Crippen LogP contribution in [0, 0.1) is 6.92 Å². The Hall–Kier alpha value is -1.88. The lowest BCUT2D eigenvalue weighted by atomic mass is 10.1. The van der Waals surface area contributed by atoms with E-state index in [1.807, 2.05) is 30.0 Å². The Balaban J connectivity index is 1.93. The lowest BCUT2D eigenvalue weighted by Crippen LogP contribution is -2.22. The second kappa shape index (κ2) is 5.48. The largest absolute Gasteiger partial charge is 0.353 e. The summed E-state index contributed by atoms with van der Waals surface area (Å²) in [5, 5.41) is 4.28. The highest BCUT2D eigenvalue weighted by Crippen LogP contribution is 2.26. The second-order valence-corrected chi connectivity index (χ2v) is 6.12. The van der Waals surface area contributed by atoms with Crippen LogP contribution >= 0.6 is 15.9 Å². The number of nitrogens with zero attached hydrogens (tertiary/aromatic N) is 4. The summed E-state index contributed by atoms with van der Waals surface area (Å²) in [6, 6.07) is 8.63. The van der Waals surface area contributed by atoms with Crippen LogP contribution in [0.15, 0.2) is 47.3 Å². The van der Waals surface area contributed by atoms with Gasteiger partial charge >= 0.3 is 0 Å². The van der Waals surface area contributed by atoms with Gasteiger partial charge in [-0.1, -0.05) is 6.07 Å². The molecule has 0 amide bonds. The predicted octanol–water partition coefficient (Wildman–Crippen LogP) is 4.00. The highest BCUT2D eigenvalue weighted by atomic mass is 79.9. The monoisotopic (exact) mass is 344 g/mol. The van der Waals surface area contributed by atoms with Gasteiger partial charge < -0.3 is 4.90 Å². The molecule has 3 aromatic heterocycles. The van der Waals surface area contributed by atoms with Crippen molar-refractivity contribution < 1.29 is 0 Å².